The van der Waals surface area contributed by atoms with E-state index in [9.17, 15) is 10.2 Å². The minimum atomic E-state index is -0.394. The lowest BCUT2D eigenvalue weighted by molar-refractivity contribution is 0.157. The number of rotatable bonds is 0. The van der Waals surface area contributed by atoms with E-state index in [1.807, 2.05) is 36.4 Å². The minimum absolute atomic E-state index is 0.324. The first kappa shape index (κ1) is 18.7. The Labute approximate surface area is 176 Å². The summed E-state index contributed by atoms with van der Waals surface area (Å²) in [7, 11) is 0. The standard InChI is InChI=1S/C18H16O2.C10H8/c19-16-7-3-6-14-13(16)8-9-15-12-5-2-1-4-11(12)10-17(20)18(14)15;1-2-6-10-8-4-3-7-9(10)5-1/h1-2,4-5,8-10,16,19-20H,3,6-7H2;1-8H. The summed E-state index contributed by atoms with van der Waals surface area (Å²) in [4.78, 5) is 0. The Balaban J connectivity index is 0.000000161. The molecule has 5 aromatic rings. The summed E-state index contributed by atoms with van der Waals surface area (Å²) < 4.78 is 0. The highest BCUT2D eigenvalue weighted by atomic mass is 16.3. The smallest absolute Gasteiger partial charge is 0.124 e. The van der Waals surface area contributed by atoms with Gasteiger partial charge in [-0.2, -0.15) is 0 Å². The van der Waals surface area contributed by atoms with Crippen LogP contribution in [0.1, 0.15) is 30.1 Å². The third-order valence-electron chi connectivity index (χ3n) is 6.07. The zero-order valence-electron chi connectivity index (χ0n) is 16.8. The van der Waals surface area contributed by atoms with E-state index >= 15 is 0 Å². The lowest BCUT2D eigenvalue weighted by Gasteiger charge is -2.23. The molecule has 5 aromatic carbocycles. The van der Waals surface area contributed by atoms with Crippen LogP contribution in [0.5, 0.6) is 5.75 Å². The average Bonchev–Trinajstić information content (AvgIpc) is 2.79. The molecule has 0 saturated carbocycles. The van der Waals surface area contributed by atoms with Gasteiger partial charge in [0.25, 0.3) is 0 Å². The Morgan fingerprint density at radius 1 is 0.667 bits per heavy atom. The molecule has 2 nitrogen and oxygen atoms in total. The Hall–Kier alpha value is -3.36. The fourth-order valence-corrected chi connectivity index (χ4v) is 4.61. The number of hydrogen-bond acceptors (Lipinski definition) is 2. The monoisotopic (exact) mass is 392 g/mol. The Bertz CT molecular complexity index is 1290. The van der Waals surface area contributed by atoms with Crippen LogP contribution in [0.2, 0.25) is 0 Å². The fraction of sp³-hybridized carbons (Fsp3) is 0.143. The first-order chi connectivity index (χ1) is 14.7. The van der Waals surface area contributed by atoms with Crippen LogP contribution >= 0.6 is 0 Å². The van der Waals surface area contributed by atoms with Crippen LogP contribution in [-0.2, 0) is 6.42 Å². The molecular weight excluding hydrogens is 368 g/mol. The van der Waals surface area contributed by atoms with Crippen molar-refractivity contribution in [2.45, 2.75) is 25.4 Å². The van der Waals surface area contributed by atoms with Crippen molar-refractivity contribution in [2.24, 2.45) is 0 Å². The molecular formula is C28H24O2. The molecule has 1 atom stereocenters. The highest BCUT2D eigenvalue weighted by Crippen LogP contribution is 2.41. The van der Waals surface area contributed by atoms with Gasteiger partial charge in [0.15, 0.2) is 0 Å². The fourth-order valence-electron chi connectivity index (χ4n) is 4.61. The van der Waals surface area contributed by atoms with Crippen molar-refractivity contribution in [1.29, 1.82) is 0 Å². The third kappa shape index (κ3) is 3.30. The van der Waals surface area contributed by atoms with E-state index in [2.05, 4.69) is 54.6 Å². The topological polar surface area (TPSA) is 40.5 Å². The Kier molecular flexibility index (Phi) is 4.86. The van der Waals surface area contributed by atoms with E-state index in [0.29, 0.717) is 5.75 Å². The minimum Gasteiger partial charge on any atom is -0.507 e. The van der Waals surface area contributed by atoms with E-state index in [0.717, 1.165) is 51.9 Å². The summed E-state index contributed by atoms with van der Waals surface area (Å²) in [6.07, 6.45) is 2.32. The zero-order valence-corrected chi connectivity index (χ0v) is 16.8. The molecule has 0 fully saturated rings. The Morgan fingerprint density at radius 2 is 1.27 bits per heavy atom. The highest BCUT2D eigenvalue weighted by molar-refractivity contribution is 6.11. The van der Waals surface area contributed by atoms with E-state index in [4.69, 9.17) is 0 Å². The highest BCUT2D eigenvalue weighted by Gasteiger charge is 2.21. The van der Waals surface area contributed by atoms with Crippen molar-refractivity contribution in [2.75, 3.05) is 0 Å². The maximum absolute atomic E-state index is 10.4. The van der Waals surface area contributed by atoms with Gasteiger partial charge >= 0.3 is 0 Å². The Morgan fingerprint density at radius 3 is 1.93 bits per heavy atom. The predicted octanol–water partition coefficient (Wildman–Crippen LogP) is 6.91. The average molecular weight is 392 g/mol. The van der Waals surface area contributed by atoms with Crippen LogP contribution in [0.3, 0.4) is 0 Å². The first-order valence-corrected chi connectivity index (χ1v) is 10.5. The van der Waals surface area contributed by atoms with E-state index in [1.54, 1.807) is 0 Å². The van der Waals surface area contributed by atoms with E-state index in [-0.39, 0.29) is 0 Å². The molecule has 0 bridgehead atoms. The van der Waals surface area contributed by atoms with Gasteiger partial charge in [-0.3, -0.25) is 0 Å². The lowest BCUT2D eigenvalue weighted by atomic mass is 9.84. The summed E-state index contributed by atoms with van der Waals surface area (Å²) in [5.74, 6) is 0.324. The van der Waals surface area contributed by atoms with Gasteiger partial charge in [0.2, 0.25) is 0 Å². The second kappa shape index (κ2) is 7.81. The van der Waals surface area contributed by atoms with Gasteiger partial charge in [0, 0.05) is 5.39 Å². The summed E-state index contributed by atoms with van der Waals surface area (Å²) in [5, 5.41) is 27.4. The number of aryl methyl sites for hydroxylation is 1. The van der Waals surface area contributed by atoms with Crippen LogP contribution in [0.25, 0.3) is 32.3 Å². The number of phenolic OH excluding ortho intramolecular Hbond substituents is 1. The largest absolute Gasteiger partial charge is 0.507 e. The maximum Gasteiger partial charge on any atom is 0.124 e. The molecule has 1 aliphatic rings. The van der Waals surface area contributed by atoms with Crippen LogP contribution in [0, 0.1) is 0 Å². The van der Waals surface area contributed by atoms with Gasteiger partial charge in [-0.25, -0.2) is 0 Å². The van der Waals surface area contributed by atoms with Gasteiger partial charge < -0.3 is 10.2 Å². The first-order valence-electron chi connectivity index (χ1n) is 10.5. The third-order valence-corrected chi connectivity index (χ3v) is 6.07. The van der Waals surface area contributed by atoms with Crippen molar-refractivity contribution in [1.82, 2.24) is 0 Å². The molecule has 0 aromatic heterocycles. The molecule has 0 saturated heterocycles. The van der Waals surface area contributed by atoms with Crippen LogP contribution in [0.15, 0.2) is 91.0 Å². The van der Waals surface area contributed by atoms with Gasteiger partial charge in [-0.15, -0.1) is 0 Å². The lowest BCUT2D eigenvalue weighted by Crippen LogP contribution is -2.09. The number of benzene rings is 5. The molecule has 0 radical (unpaired) electrons. The molecule has 0 heterocycles. The molecule has 2 N–H and O–H groups in total. The number of aromatic hydroxyl groups is 1. The van der Waals surface area contributed by atoms with Gasteiger partial charge in [0.05, 0.1) is 6.10 Å². The van der Waals surface area contributed by atoms with Crippen molar-refractivity contribution in [3.05, 3.63) is 102 Å². The molecule has 1 unspecified atom stereocenters. The van der Waals surface area contributed by atoms with E-state index < -0.39 is 6.10 Å². The molecule has 30 heavy (non-hydrogen) atoms. The molecule has 0 spiro atoms. The van der Waals surface area contributed by atoms with Crippen LogP contribution in [0.4, 0.5) is 0 Å². The van der Waals surface area contributed by atoms with Crippen LogP contribution < -0.4 is 0 Å². The van der Waals surface area contributed by atoms with Crippen molar-refractivity contribution < 1.29 is 10.2 Å². The molecule has 2 heteroatoms. The summed E-state index contributed by atoms with van der Waals surface area (Å²) in [6, 6.07) is 30.7. The quantitative estimate of drug-likeness (QED) is 0.281. The molecule has 0 aliphatic heterocycles. The summed E-state index contributed by atoms with van der Waals surface area (Å²) in [6.45, 7) is 0. The predicted molar refractivity (Wildman–Crippen MR) is 125 cm³/mol. The van der Waals surface area contributed by atoms with Crippen molar-refractivity contribution >= 4 is 32.3 Å². The number of hydrogen-bond donors (Lipinski definition) is 2. The SMILES string of the molecule is Oc1cc2ccccc2c2ccc3c(c12)CCCC3O.c1ccc2ccccc2c1. The van der Waals surface area contributed by atoms with Crippen molar-refractivity contribution in [3.8, 4) is 5.75 Å². The van der Waals surface area contributed by atoms with E-state index in [1.165, 1.54) is 10.8 Å². The number of aliphatic hydroxyl groups excluding tert-OH is 1. The van der Waals surface area contributed by atoms with Crippen molar-refractivity contribution in [3.63, 3.8) is 0 Å². The van der Waals surface area contributed by atoms with Crippen LogP contribution in [-0.4, -0.2) is 10.2 Å². The molecule has 1 aliphatic carbocycles. The summed E-state index contributed by atoms with van der Waals surface area (Å²) in [5.41, 5.74) is 2.10. The number of fused-ring (bicyclic) bond motifs is 6. The second-order valence-corrected chi connectivity index (χ2v) is 7.93. The number of phenols is 1. The summed E-state index contributed by atoms with van der Waals surface area (Å²) >= 11 is 0. The molecule has 148 valence electrons. The second-order valence-electron chi connectivity index (χ2n) is 7.93. The maximum atomic E-state index is 10.4. The zero-order chi connectivity index (χ0) is 20.5. The molecule has 6 rings (SSSR count). The van der Waals surface area contributed by atoms with Gasteiger partial charge in [-0.05, 0) is 63.4 Å². The normalized spacial score (nSPS) is 15.6. The van der Waals surface area contributed by atoms with Gasteiger partial charge in [0.1, 0.15) is 5.75 Å². The molecule has 0 amide bonds. The van der Waals surface area contributed by atoms with Gasteiger partial charge in [-0.1, -0.05) is 84.9 Å². The number of aliphatic hydroxyl groups is 1.